The molecule has 0 aliphatic rings. The van der Waals surface area contributed by atoms with E-state index in [0.29, 0.717) is 0 Å². The second-order valence-corrected chi connectivity index (χ2v) is 6.76. The van der Waals surface area contributed by atoms with Crippen LogP contribution in [-0.4, -0.2) is 35.7 Å². The van der Waals surface area contributed by atoms with Gasteiger partial charge in [0.25, 0.3) is 0 Å². The predicted molar refractivity (Wildman–Crippen MR) is 110 cm³/mol. The highest BCUT2D eigenvalue weighted by molar-refractivity contribution is 5.84. The van der Waals surface area contributed by atoms with E-state index in [-0.39, 0.29) is 0 Å². The summed E-state index contributed by atoms with van der Waals surface area (Å²) in [5, 5.41) is 12.0. The summed E-state index contributed by atoms with van der Waals surface area (Å²) in [5.74, 6) is 1.74. The molecular formula is C21H29N5O. The molecule has 0 fully saturated rings. The van der Waals surface area contributed by atoms with Crippen molar-refractivity contribution in [1.82, 2.24) is 20.8 Å². The van der Waals surface area contributed by atoms with E-state index >= 15 is 0 Å². The van der Waals surface area contributed by atoms with Crippen molar-refractivity contribution in [2.24, 2.45) is 4.99 Å². The van der Waals surface area contributed by atoms with Crippen molar-refractivity contribution in [2.45, 2.75) is 40.5 Å². The summed E-state index contributed by atoms with van der Waals surface area (Å²) in [6.45, 7) is 10.5. The standard InChI is InChI=1S/C21H29N5O/c1-5-22-21(23-12-10-17-15(3)26-27-16(17)4)24-13-11-18-14(2)25-20-9-7-6-8-19(18)20/h6-9,25H,5,10-13H2,1-4H3,(H2,22,23,24). The molecule has 6 heteroatoms. The first-order chi connectivity index (χ1) is 13.1. The van der Waals surface area contributed by atoms with Crippen molar-refractivity contribution in [3.8, 4) is 0 Å². The molecule has 0 aliphatic heterocycles. The third kappa shape index (κ3) is 4.51. The lowest BCUT2D eigenvalue weighted by molar-refractivity contribution is 0.392. The van der Waals surface area contributed by atoms with Crippen molar-refractivity contribution >= 4 is 16.9 Å². The molecule has 0 aliphatic carbocycles. The van der Waals surface area contributed by atoms with Crippen LogP contribution < -0.4 is 10.6 Å². The largest absolute Gasteiger partial charge is 0.361 e. The van der Waals surface area contributed by atoms with Gasteiger partial charge in [-0.3, -0.25) is 4.99 Å². The van der Waals surface area contributed by atoms with Crippen LogP contribution in [0.5, 0.6) is 0 Å². The maximum atomic E-state index is 5.23. The zero-order chi connectivity index (χ0) is 19.2. The van der Waals surface area contributed by atoms with Gasteiger partial charge in [0.1, 0.15) is 5.76 Å². The summed E-state index contributed by atoms with van der Waals surface area (Å²) < 4.78 is 5.23. The number of aliphatic imine (C=N–C) groups is 1. The maximum Gasteiger partial charge on any atom is 0.191 e. The SMILES string of the molecule is CCNC(=NCCc1c(C)[nH]c2ccccc12)NCCc1c(C)noc1C. The Morgan fingerprint density at radius 2 is 1.93 bits per heavy atom. The van der Waals surface area contributed by atoms with Crippen LogP contribution in [0.3, 0.4) is 0 Å². The zero-order valence-electron chi connectivity index (χ0n) is 16.6. The molecule has 2 aromatic heterocycles. The van der Waals surface area contributed by atoms with Gasteiger partial charge in [-0.2, -0.15) is 0 Å². The van der Waals surface area contributed by atoms with Gasteiger partial charge in [-0.05, 0) is 52.2 Å². The minimum atomic E-state index is 0.739. The van der Waals surface area contributed by atoms with Crippen LogP contribution in [0.2, 0.25) is 0 Å². The van der Waals surface area contributed by atoms with Crippen LogP contribution in [0.15, 0.2) is 33.8 Å². The molecule has 0 saturated heterocycles. The highest BCUT2D eigenvalue weighted by atomic mass is 16.5. The number of hydrogen-bond donors (Lipinski definition) is 3. The average molecular weight is 367 g/mol. The normalized spacial score (nSPS) is 11.9. The summed E-state index contributed by atoms with van der Waals surface area (Å²) in [6, 6.07) is 8.44. The molecule has 3 aromatic rings. The number of guanidine groups is 1. The Balaban J connectivity index is 1.59. The van der Waals surface area contributed by atoms with Gasteiger partial charge >= 0.3 is 0 Å². The molecule has 0 radical (unpaired) electrons. The van der Waals surface area contributed by atoms with Crippen molar-refractivity contribution in [3.05, 3.63) is 52.5 Å². The fourth-order valence-corrected chi connectivity index (χ4v) is 3.44. The summed E-state index contributed by atoms with van der Waals surface area (Å²) in [6.07, 6.45) is 1.78. The Hall–Kier alpha value is -2.76. The lowest BCUT2D eigenvalue weighted by Crippen LogP contribution is -2.38. The number of aromatic nitrogens is 2. The van der Waals surface area contributed by atoms with E-state index in [4.69, 9.17) is 9.52 Å². The first-order valence-corrected chi connectivity index (χ1v) is 9.60. The highest BCUT2D eigenvalue weighted by Crippen LogP contribution is 2.22. The zero-order valence-corrected chi connectivity index (χ0v) is 16.6. The number of nitrogens with one attached hydrogen (secondary N) is 3. The van der Waals surface area contributed by atoms with Gasteiger partial charge in [0.15, 0.2) is 5.96 Å². The van der Waals surface area contributed by atoms with Gasteiger partial charge in [-0.15, -0.1) is 0 Å². The van der Waals surface area contributed by atoms with Crippen molar-refractivity contribution in [2.75, 3.05) is 19.6 Å². The molecule has 0 spiro atoms. The molecule has 27 heavy (non-hydrogen) atoms. The summed E-state index contributed by atoms with van der Waals surface area (Å²) in [4.78, 5) is 8.20. The third-order valence-corrected chi connectivity index (χ3v) is 4.85. The third-order valence-electron chi connectivity index (χ3n) is 4.85. The monoisotopic (exact) mass is 367 g/mol. The Bertz CT molecular complexity index is 902. The van der Waals surface area contributed by atoms with Gasteiger partial charge in [0.2, 0.25) is 0 Å². The number of aromatic amines is 1. The van der Waals surface area contributed by atoms with E-state index in [0.717, 1.165) is 49.9 Å². The van der Waals surface area contributed by atoms with Gasteiger partial charge in [0.05, 0.1) is 5.69 Å². The molecular weight excluding hydrogens is 338 g/mol. The van der Waals surface area contributed by atoms with Crippen molar-refractivity contribution in [1.29, 1.82) is 0 Å². The highest BCUT2D eigenvalue weighted by Gasteiger charge is 2.09. The number of hydrogen-bond acceptors (Lipinski definition) is 3. The molecule has 3 rings (SSSR count). The van der Waals surface area contributed by atoms with Crippen LogP contribution in [0.4, 0.5) is 0 Å². The fraction of sp³-hybridized carbons (Fsp3) is 0.429. The summed E-state index contributed by atoms with van der Waals surface area (Å²) in [7, 11) is 0. The fourth-order valence-electron chi connectivity index (χ4n) is 3.44. The van der Waals surface area contributed by atoms with Gasteiger partial charge in [-0.1, -0.05) is 23.4 Å². The number of para-hydroxylation sites is 1. The van der Waals surface area contributed by atoms with Gasteiger partial charge in [-0.25, -0.2) is 0 Å². The Labute approximate surface area is 160 Å². The molecule has 0 unspecified atom stereocenters. The van der Waals surface area contributed by atoms with Gasteiger partial charge in [0, 0.05) is 41.8 Å². The number of rotatable bonds is 7. The van der Waals surface area contributed by atoms with Crippen LogP contribution in [-0.2, 0) is 12.8 Å². The number of H-pyrrole nitrogens is 1. The Kier molecular flexibility index (Phi) is 6.16. The predicted octanol–water partition coefficient (Wildman–Crippen LogP) is 3.42. The molecule has 0 bridgehead atoms. The number of benzene rings is 1. The van der Waals surface area contributed by atoms with Crippen LogP contribution in [0, 0.1) is 20.8 Å². The van der Waals surface area contributed by atoms with Crippen LogP contribution in [0.1, 0.15) is 35.2 Å². The molecule has 144 valence electrons. The van der Waals surface area contributed by atoms with E-state index in [1.165, 1.54) is 27.7 Å². The van der Waals surface area contributed by atoms with Crippen molar-refractivity contribution < 1.29 is 4.52 Å². The summed E-state index contributed by atoms with van der Waals surface area (Å²) >= 11 is 0. The molecule has 2 heterocycles. The topological polar surface area (TPSA) is 78.2 Å². The molecule has 0 saturated carbocycles. The molecule has 1 aromatic carbocycles. The van der Waals surface area contributed by atoms with E-state index < -0.39 is 0 Å². The minimum Gasteiger partial charge on any atom is -0.361 e. The Morgan fingerprint density at radius 3 is 2.67 bits per heavy atom. The second-order valence-electron chi connectivity index (χ2n) is 6.76. The lowest BCUT2D eigenvalue weighted by Gasteiger charge is -2.11. The van der Waals surface area contributed by atoms with Crippen LogP contribution >= 0.6 is 0 Å². The summed E-state index contributed by atoms with van der Waals surface area (Å²) in [5.41, 5.74) is 5.90. The van der Waals surface area contributed by atoms with E-state index in [1.807, 2.05) is 13.8 Å². The van der Waals surface area contributed by atoms with Crippen LogP contribution in [0.25, 0.3) is 10.9 Å². The average Bonchev–Trinajstić information content (AvgIpc) is 3.15. The molecule has 6 nitrogen and oxygen atoms in total. The number of nitrogens with zero attached hydrogens (tertiary/aromatic N) is 2. The lowest BCUT2D eigenvalue weighted by atomic mass is 10.1. The minimum absolute atomic E-state index is 0.739. The molecule has 0 atom stereocenters. The quantitative estimate of drug-likeness (QED) is 0.442. The van der Waals surface area contributed by atoms with E-state index in [9.17, 15) is 0 Å². The smallest absolute Gasteiger partial charge is 0.191 e. The van der Waals surface area contributed by atoms with Gasteiger partial charge < -0.3 is 20.1 Å². The van der Waals surface area contributed by atoms with Crippen molar-refractivity contribution in [3.63, 3.8) is 0 Å². The molecule has 0 amide bonds. The first kappa shape index (κ1) is 19.0. The Morgan fingerprint density at radius 1 is 1.11 bits per heavy atom. The second kappa shape index (κ2) is 8.75. The first-order valence-electron chi connectivity index (χ1n) is 9.60. The van der Waals surface area contributed by atoms with E-state index in [2.05, 4.69) is 58.9 Å². The van der Waals surface area contributed by atoms with E-state index in [1.54, 1.807) is 0 Å². The number of fused-ring (bicyclic) bond motifs is 1. The maximum absolute atomic E-state index is 5.23. The molecule has 3 N–H and O–H groups in total. The number of aryl methyl sites for hydroxylation is 3.